The molecule has 98 valence electrons. The van der Waals surface area contributed by atoms with Crippen molar-refractivity contribution in [2.24, 2.45) is 5.92 Å². The van der Waals surface area contributed by atoms with Crippen molar-refractivity contribution >= 4 is 11.9 Å². The third-order valence-corrected chi connectivity index (χ3v) is 2.94. The number of hydrogen-bond acceptors (Lipinski definition) is 5. The van der Waals surface area contributed by atoms with Gasteiger partial charge in [0.2, 0.25) is 17.7 Å². The third kappa shape index (κ3) is 3.16. The molecular formula is C12H18N4O2. The fourth-order valence-electron chi connectivity index (χ4n) is 1.99. The number of nitrogens with zero attached hydrogens (tertiary/aromatic N) is 2. The minimum absolute atomic E-state index is 0.00569. The zero-order chi connectivity index (χ0) is 13.0. The largest absolute Gasteiger partial charge is 0.481 e. The molecule has 1 aliphatic rings. The van der Waals surface area contributed by atoms with Crippen LogP contribution in [0.4, 0.5) is 5.95 Å². The van der Waals surface area contributed by atoms with Gasteiger partial charge in [0.1, 0.15) is 0 Å². The maximum atomic E-state index is 12.0. The van der Waals surface area contributed by atoms with Gasteiger partial charge in [-0.1, -0.05) is 0 Å². The molecule has 1 aromatic rings. The summed E-state index contributed by atoms with van der Waals surface area (Å²) in [5, 5.41) is 5.96. The fourth-order valence-corrected chi connectivity index (χ4v) is 1.99. The maximum absolute atomic E-state index is 12.0. The van der Waals surface area contributed by atoms with Crippen LogP contribution in [0.1, 0.15) is 18.5 Å². The quantitative estimate of drug-likeness (QED) is 0.827. The van der Waals surface area contributed by atoms with E-state index in [1.807, 2.05) is 6.92 Å². The highest BCUT2D eigenvalue weighted by Gasteiger charge is 2.21. The van der Waals surface area contributed by atoms with Crippen molar-refractivity contribution in [2.45, 2.75) is 19.8 Å². The molecule has 2 heterocycles. The Labute approximate surface area is 106 Å². The fraction of sp³-hybridized carbons (Fsp3) is 0.583. The van der Waals surface area contributed by atoms with Crippen LogP contribution in [-0.2, 0) is 4.79 Å². The van der Waals surface area contributed by atoms with Crippen molar-refractivity contribution < 1.29 is 9.53 Å². The van der Waals surface area contributed by atoms with Crippen LogP contribution < -0.4 is 15.4 Å². The lowest BCUT2D eigenvalue weighted by Crippen LogP contribution is -2.37. The van der Waals surface area contributed by atoms with Gasteiger partial charge < -0.3 is 10.1 Å². The molecule has 2 N–H and O–H groups in total. The first kappa shape index (κ1) is 12.8. The Hall–Kier alpha value is -1.69. The number of amides is 1. The molecule has 6 nitrogen and oxygen atoms in total. The summed E-state index contributed by atoms with van der Waals surface area (Å²) in [4.78, 5) is 20.3. The molecule has 0 unspecified atom stereocenters. The number of aryl methyl sites for hydroxylation is 1. The molecular weight excluding hydrogens is 232 g/mol. The summed E-state index contributed by atoms with van der Waals surface area (Å²) in [6.45, 7) is 3.54. The van der Waals surface area contributed by atoms with E-state index in [0.29, 0.717) is 11.8 Å². The zero-order valence-corrected chi connectivity index (χ0v) is 10.7. The van der Waals surface area contributed by atoms with Crippen LogP contribution in [0.3, 0.4) is 0 Å². The Morgan fingerprint density at radius 2 is 2.39 bits per heavy atom. The van der Waals surface area contributed by atoms with Gasteiger partial charge in [0, 0.05) is 18.3 Å². The van der Waals surface area contributed by atoms with E-state index in [0.717, 1.165) is 31.6 Å². The third-order valence-electron chi connectivity index (χ3n) is 2.94. The minimum atomic E-state index is -0.0325. The second kappa shape index (κ2) is 5.77. The van der Waals surface area contributed by atoms with Crippen LogP contribution >= 0.6 is 0 Å². The van der Waals surface area contributed by atoms with Crippen molar-refractivity contribution in [3.05, 3.63) is 11.8 Å². The summed E-state index contributed by atoms with van der Waals surface area (Å²) in [5.41, 5.74) is 0.763. The average molecular weight is 250 g/mol. The number of rotatable bonds is 3. The summed E-state index contributed by atoms with van der Waals surface area (Å²) < 4.78 is 5.05. The Balaban J connectivity index is 2.03. The van der Waals surface area contributed by atoms with Gasteiger partial charge in [-0.25, -0.2) is 4.98 Å². The predicted octanol–water partition coefficient (Wildman–Crippen LogP) is 0.732. The van der Waals surface area contributed by atoms with Crippen molar-refractivity contribution in [1.82, 2.24) is 15.3 Å². The molecule has 1 saturated heterocycles. The molecule has 0 saturated carbocycles. The van der Waals surface area contributed by atoms with Gasteiger partial charge in [0.15, 0.2) is 0 Å². The molecule has 0 aliphatic carbocycles. The van der Waals surface area contributed by atoms with E-state index in [9.17, 15) is 4.79 Å². The first-order chi connectivity index (χ1) is 8.69. The van der Waals surface area contributed by atoms with Crippen molar-refractivity contribution in [3.8, 4) is 5.88 Å². The van der Waals surface area contributed by atoms with E-state index in [2.05, 4.69) is 20.6 Å². The lowest BCUT2D eigenvalue weighted by Gasteiger charge is -2.21. The molecule has 6 heteroatoms. The smallest absolute Gasteiger partial charge is 0.232 e. The van der Waals surface area contributed by atoms with Crippen LogP contribution in [0.25, 0.3) is 0 Å². The number of carbonyl (C=O) groups excluding carboxylic acids is 1. The summed E-state index contributed by atoms with van der Waals surface area (Å²) in [7, 11) is 1.54. The number of ether oxygens (including phenoxy) is 1. The second-order valence-corrected chi connectivity index (χ2v) is 4.41. The number of nitrogens with one attached hydrogen (secondary N) is 2. The Morgan fingerprint density at radius 3 is 3.06 bits per heavy atom. The van der Waals surface area contributed by atoms with Crippen molar-refractivity contribution in [3.63, 3.8) is 0 Å². The first-order valence-electron chi connectivity index (χ1n) is 6.10. The van der Waals surface area contributed by atoms with E-state index in [-0.39, 0.29) is 11.8 Å². The van der Waals surface area contributed by atoms with Crippen LogP contribution in [0.5, 0.6) is 5.88 Å². The number of hydrogen-bond donors (Lipinski definition) is 2. The maximum Gasteiger partial charge on any atom is 0.232 e. The zero-order valence-electron chi connectivity index (χ0n) is 10.7. The lowest BCUT2D eigenvalue weighted by molar-refractivity contribution is -0.120. The average Bonchev–Trinajstić information content (AvgIpc) is 2.39. The Morgan fingerprint density at radius 1 is 1.56 bits per heavy atom. The molecule has 18 heavy (non-hydrogen) atoms. The second-order valence-electron chi connectivity index (χ2n) is 4.41. The molecule has 1 aliphatic heterocycles. The van der Waals surface area contributed by atoms with Gasteiger partial charge in [-0.3, -0.25) is 10.1 Å². The van der Waals surface area contributed by atoms with Gasteiger partial charge in [0.25, 0.3) is 0 Å². The number of aromatic nitrogens is 2. The number of methoxy groups -OCH3 is 1. The van der Waals surface area contributed by atoms with Crippen LogP contribution in [-0.4, -0.2) is 36.1 Å². The molecule has 0 spiro atoms. The highest BCUT2D eigenvalue weighted by Crippen LogP contribution is 2.14. The van der Waals surface area contributed by atoms with Gasteiger partial charge in [0.05, 0.1) is 13.0 Å². The van der Waals surface area contributed by atoms with Crippen molar-refractivity contribution in [2.75, 3.05) is 25.5 Å². The SMILES string of the molecule is COc1cc(C)nc(NC(=O)[C@@H]2CCCNC2)n1. The number of piperidine rings is 1. The van der Waals surface area contributed by atoms with Gasteiger partial charge >= 0.3 is 0 Å². The predicted molar refractivity (Wildman–Crippen MR) is 67.5 cm³/mol. The molecule has 0 bridgehead atoms. The highest BCUT2D eigenvalue weighted by molar-refractivity contribution is 5.91. The van der Waals surface area contributed by atoms with E-state index in [4.69, 9.17) is 4.74 Å². The highest BCUT2D eigenvalue weighted by atomic mass is 16.5. The van der Waals surface area contributed by atoms with Crippen LogP contribution in [0.2, 0.25) is 0 Å². The van der Waals surface area contributed by atoms with Gasteiger partial charge in [-0.2, -0.15) is 4.98 Å². The standard InChI is InChI=1S/C12H18N4O2/c1-8-6-10(18-2)15-12(14-8)16-11(17)9-4-3-5-13-7-9/h6,9,13H,3-5,7H2,1-2H3,(H,14,15,16,17)/t9-/m1/s1. The number of anilines is 1. The summed E-state index contributed by atoms with van der Waals surface area (Å²) in [5.74, 6) is 0.728. The Kier molecular flexibility index (Phi) is 4.09. The molecule has 1 amide bonds. The first-order valence-corrected chi connectivity index (χ1v) is 6.10. The normalized spacial score (nSPS) is 19.3. The summed E-state index contributed by atoms with van der Waals surface area (Å²) in [6.07, 6.45) is 1.93. The Bertz CT molecular complexity index is 430. The molecule has 0 aromatic carbocycles. The monoisotopic (exact) mass is 250 g/mol. The van der Waals surface area contributed by atoms with E-state index >= 15 is 0 Å². The van der Waals surface area contributed by atoms with E-state index in [1.54, 1.807) is 13.2 Å². The molecule has 1 atom stereocenters. The molecule has 1 fully saturated rings. The van der Waals surface area contributed by atoms with Gasteiger partial charge in [-0.15, -0.1) is 0 Å². The minimum Gasteiger partial charge on any atom is -0.481 e. The van der Waals surface area contributed by atoms with Gasteiger partial charge in [-0.05, 0) is 26.3 Å². The van der Waals surface area contributed by atoms with Crippen molar-refractivity contribution in [1.29, 1.82) is 0 Å². The molecule has 0 radical (unpaired) electrons. The number of carbonyl (C=O) groups is 1. The topological polar surface area (TPSA) is 76.1 Å². The van der Waals surface area contributed by atoms with E-state index in [1.165, 1.54) is 0 Å². The molecule has 2 rings (SSSR count). The van der Waals surface area contributed by atoms with Crippen LogP contribution in [0, 0.1) is 12.8 Å². The molecule has 1 aromatic heterocycles. The van der Waals surface area contributed by atoms with E-state index < -0.39 is 0 Å². The summed E-state index contributed by atoms with van der Waals surface area (Å²) >= 11 is 0. The van der Waals surface area contributed by atoms with Crippen LogP contribution in [0.15, 0.2) is 6.07 Å². The lowest BCUT2D eigenvalue weighted by atomic mass is 9.99. The summed E-state index contributed by atoms with van der Waals surface area (Å²) in [6, 6.07) is 1.72.